The van der Waals surface area contributed by atoms with E-state index < -0.39 is 5.60 Å². The quantitative estimate of drug-likeness (QED) is 0.715. The average Bonchev–Trinajstić information content (AvgIpc) is 2.35. The van der Waals surface area contributed by atoms with Crippen molar-refractivity contribution in [1.29, 1.82) is 0 Å². The Morgan fingerprint density at radius 2 is 2.09 bits per heavy atom. The summed E-state index contributed by atoms with van der Waals surface area (Å²) in [4.78, 5) is 11.7. The molecule has 2 aliphatic rings. The maximum Gasteiger partial charge on any atom is 0.407 e. The molecule has 0 aromatic carbocycles. The number of carbonyl (C=O) groups is 1. The van der Waals surface area contributed by atoms with Crippen LogP contribution in [0.4, 0.5) is 4.79 Å². The third kappa shape index (κ3) is 6.10. The molecule has 6 nitrogen and oxygen atoms in total. The van der Waals surface area contributed by atoms with Crippen molar-refractivity contribution in [2.24, 2.45) is 0 Å². The van der Waals surface area contributed by atoms with Crippen molar-refractivity contribution < 1.29 is 14.3 Å². The third-order valence-corrected chi connectivity index (χ3v) is 4.02. The van der Waals surface area contributed by atoms with Gasteiger partial charge in [0.15, 0.2) is 0 Å². The molecule has 0 aromatic heterocycles. The fraction of sp³-hybridized carbons (Fsp3) is 0.938. The van der Waals surface area contributed by atoms with E-state index in [-0.39, 0.29) is 12.1 Å². The van der Waals surface area contributed by atoms with Crippen LogP contribution >= 0.6 is 0 Å². The van der Waals surface area contributed by atoms with Crippen LogP contribution in [0.5, 0.6) is 0 Å². The molecule has 1 heterocycles. The summed E-state index contributed by atoms with van der Waals surface area (Å²) in [5.41, 5.74) is -0.435. The van der Waals surface area contributed by atoms with Gasteiger partial charge in [-0.05, 0) is 47.0 Å². The van der Waals surface area contributed by atoms with Crippen molar-refractivity contribution in [2.45, 2.75) is 76.7 Å². The molecule has 1 amide bonds. The second-order valence-electron chi connectivity index (χ2n) is 7.54. The van der Waals surface area contributed by atoms with Gasteiger partial charge < -0.3 is 25.4 Å². The van der Waals surface area contributed by atoms with Crippen LogP contribution in [0, 0.1) is 0 Å². The van der Waals surface area contributed by atoms with Crippen LogP contribution < -0.4 is 16.0 Å². The Balaban J connectivity index is 1.57. The molecule has 0 bridgehead atoms. The summed E-state index contributed by atoms with van der Waals surface area (Å²) in [6.45, 7) is 10.4. The smallest absolute Gasteiger partial charge is 0.407 e. The lowest BCUT2D eigenvalue weighted by Gasteiger charge is -2.39. The fourth-order valence-corrected chi connectivity index (χ4v) is 3.01. The summed E-state index contributed by atoms with van der Waals surface area (Å²) in [5.74, 6) is 0. The Morgan fingerprint density at radius 1 is 1.36 bits per heavy atom. The first kappa shape index (κ1) is 17.5. The van der Waals surface area contributed by atoms with Gasteiger partial charge in [0.05, 0.1) is 13.2 Å². The molecule has 22 heavy (non-hydrogen) atoms. The van der Waals surface area contributed by atoms with Gasteiger partial charge in [-0.15, -0.1) is 0 Å². The molecule has 3 N–H and O–H groups in total. The van der Waals surface area contributed by atoms with Gasteiger partial charge in [-0.25, -0.2) is 4.79 Å². The SMILES string of the molecule is CC(CC1COCCN1)NC1CC(NC(=O)OC(C)(C)C)C1. The maximum atomic E-state index is 11.7. The van der Waals surface area contributed by atoms with Gasteiger partial charge in [-0.2, -0.15) is 0 Å². The van der Waals surface area contributed by atoms with Crippen LogP contribution in [0.25, 0.3) is 0 Å². The molecule has 2 rings (SSSR count). The lowest BCUT2D eigenvalue weighted by molar-refractivity contribution is 0.0459. The molecule has 0 spiro atoms. The van der Waals surface area contributed by atoms with Gasteiger partial charge in [-0.1, -0.05) is 0 Å². The molecule has 1 aliphatic heterocycles. The van der Waals surface area contributed by atoms with Crippen LogP contribution in [-0.4, -0.2) is 55.6 Å². The van der Waals surface area contributed by atoms with Gasteiger partial charge in [0.2, 0.25) is 0 Å². The number of hydrogen-bond donors (Lipinski definition) is 3. The van der Waals surface area contributed by atoms with Gasteiger partial charge in [-0.3, -0.25) is 0 Å². The van der Waals surface area contributed by atoms with Gasteiger partial charge in [0, 0.05) is 30.7 Å². The van der Waals surface area contributed by atoms with E-state index in [2.05, 4.69) is 22.9 Å². The number of alkyl carbamates (subject to hydrolysis) is 1. The van der Waals surface area contributed by atoms with Crippen LogP contribution in [-0.2, 0) is 9.47 Å². The number of hydrogen-bond acceptors (Lipinski definition) is 5. The minimum Gasteiger partial charge on any atom is -0.444 e. The monoisotopic (exact) mass is 313 g/mol. The van der Waals surface area contributed by atoms with E-state index in [0.717, 1.165) is 39.0 Å². The Bertz CT molecular complexity index is 358. The molecule has 2 fully saturated rings. The minimum atomic E-state index is -0.435. The van der Waals surface area contributed by atoms with Crippen LogP contribution in [0.3, 0.4) is 0 Å². The highest BCUT2D eigenvalue weighted by Gasteiger charge is 2.32. The first-order chi connectivity index (χ1) is 10.3. The minimum absolute atomic E-state index is 0.232. The second kappa shape index (κ2) is 7.62. The van der Waals surface area contributed by atoms with Crippen molar-refractivity contribution in [3.05, 3.63) is 0 Å². The molecule has 6 heteroatoms. The summed E-state index contributed by atoms with van der Waals surface area (Å²) in [6, 6.07) is 1.62. The Kier molecular flexibility index (Phi) is 6.06. The lowest BCUT2D eigenvalue weighted by Crippen LogP contribution is -2.55. The average molecular weight is 313 g/mol. The number of ether oxygens (including phenoxy) is 2. The first-order valence-corrected chi connectivity index (χ1v) is 8.38. The largest absolute Gasteiger partial charge is 0.444 e. The second-order valence-corrected chi connectivity index (χ2v) is 7.54. The number of nitrogens with one attached hydrogen (secondary N) is 3. The molecular formula is C16H31N3O3. The highest BCUT2D eigenvalue weighted by Crippen LogP contribution is 2.21. The molecule has 1 saturated carbocycles. The maximum absolute atomic E-state index is 11.7. The molecular weight excluding hydrogens is 282 g/mol. The van der Waals surface area contributed by atoms with Crippen LogP contribution in [0.2, 0.25) is 0 Å². The summed E-state index contributed by atoms with van der Waals surface area (Å²) < 4.78 is 10.7. The predicted molar refractivity (Wildman–Crippen MR) is 86.0 cm³/mol. The molecule has 2 atom stereocenters. The summed E-state index contributed by atoms with van der Waals surface area (Å²) >= 11 is 0. The van der Waals surface area contributed by atoms with Gasteiger partial charge in [0.1, 0.15) is 5.60 Å². The Labute approximate surface area is 133 Å². The molecule has 0 radical (unpaired) electrons. The summed E-state index contributed by atoms with van der Waals surface area (Å²) in [6.07, 6.45) is 2.70. The van der Waals surface area contributed by atoms with Gasteiger partial charge in [0.25, 0.3) is 0 Å². The first-order valence-electron chi connectivity index (χ1n) is 8.38. The summed E-state index contributed by atoms with van der Waals surface area (Å²) in [7, 11) is 0. The highest BCUT2D eigenvalue weighted by molar-refractivity contribution is 5.68. The molecule has 1 saturated heterocycles. The van der Waals surface area contributed by atoms with Crippen molar-refractivity contribution in [1.82, 2.24) is 16.0 Å². The molecule has 2 unspecified atom stereocenters. The summed E-state index contributed by atoms with van der Waals surface area (Å²) in [5, 5.41) is 10.0. The van der Waals surface area contributed by atoms with Crippen LogP contribution in [0.1, 0.15) is 47.0 Å². The Hall–Kier alpha value is -0.850. The number of amides is 1. The fourth-order valence-electron chi connectivity index (χ4n) is 3.01. The van der Waals surface area contributed by atoms with E-state index in [9.17, 15) is 4.79 Å². The van der Waals surface area contributed by atoms with Gasteiger partial charge >= 0.3 is 6.09 Å². The van der Waals surface area contributed by atoms with Crippen molar-refractivity contribution in [2.75, 3.05) is 19.8 Å². The zero-order valence-corrected chi connectivity index (χ0v) is 14.3. The predicted octanol–water partition coefficient (Wildman–Crippen LogP) is 1.40. The zero-order chi connectivity index (χ0) is 16.2. The van der Waals surface area contributed by atoms with E-state index in [1.807, 2.05) is 20.8 Å². The third-order valence-electron chi connectivity index (χ3n) is 4.02. The van der Waals surface area contributed by atoms with Crippen molar-refractivity contribution >= 4 is 6.09 Å². The zero-order valence-electron chi connectivity index (χ0n) is 14.3. The van der Waals surface area contributed by atoms with E-state index in [1.54, 1.807) is 0 Å². The topological polar surface area (TPSA) is 71.6 Å². The number of carbonyl (C=O) groups excluding carboxylic acids is 1. The van der Waals surface area contributed by atoms with E-state index in [0.29, 0.717) is 18.1 Å². The lowest BCUT2D eigenvalue weighted by atomic mass is 9.86. The van der Waals surface area contributed by atoms with E-state index >= 15 is 0 Å². The number of morpholine rings is 1. The standard InChI is InChI=1S/C16H31N3O3/c1-11(7-14-10-21-6-5-17-14)18-12-8-13(9-12)19-15(20)22-16(2,3)4/h11-14,17-18H,5-10H2,1-4H3,(H,19,20). The Morgan fingerprint density at radius 3 is 2.68 bits per heavy atom. The van der Waals surface area contributed by atoms with E-state index in [4.69, 9.17) is 9.47 Å². The van der Waals surface area contributed by atoms with E-state index in [1.165, 1.54) is 0 Å². The normalized spacial score (nSPS) is 30.3. The molecule has 128 valence electrons. The molecule has 1 aliphatic carbocycles. The number of rotatable bonds is 5. The van der Waals surface area contributed by atoms with Crippen LogP contribution in [0.15, 0.2) is 0 Å². The van der Waals surface area contributed by atoms with Crippen molar-refractivity contribution in [3.63, 3.8) is 0 Å². The molecule has 0 aromatic rings. The highest BCUT2D eigenvalue weighted by atomic mass is 16.6. The van der Waals surface area contributed by atoms with Crippen molar-refractivity contribution in [3.8, 4) is 0 Å².